The molecule has 0 aromatic carbocycles. The van der Waals surface area contributed by atoms with E-state index in [1.54, 1.807) is 12.5 Å². The van der Waals surface area contributed by atoms with Crippen LogP contribution >= 0.6 is 0 Å². The number of H-pyrrole nitrogens is 1. The number of carbonyl (C=O) groups excluding carboxylic acids is 2. The number of nitrogens with zero attached hydrogens (tertiary/aromatic N) is 1. The fourth-order valence-electron chi connectivity index (χ4n) is 1.78. The Hall–Kier alpha value is -1.85. The molecule has 2 atom stereocenters. The molecule has 2 amide bonds. The van der Waals surface area contributed by atoms with Crippen molar-refractivity contribution in [3.05, 3.63) is 18.2 Å². The highest BCUT2D eigenvalue weighted by atomic mass is 16.2. The first kappa shape index (κ1) is 12.6. The third-order valence-corrected chi connectivity index (χ3v) is 3.13. The van der Waals surface area contributed by atoms with Crippen LogP contribution in [0.3, 0.4) is 0 Å². The Bertz CT molecular complexity index is 416. The van der Waals surface area contributed by atoms with Crippen LogP contribution in [0.2, 0.25) is 0 Å². The molecule has 1 aromatic rings. The first-order chi connectivity index (χ1) is 8.66. The molecule has 2 unspecified atom stereocenters. The molecule has 1 fully saturated rings. The average Bonchev–Trinajstić information content (AvgIpc) is 2.88. The number of aromatic nitrogens is 2. The van der Waals surface area contributed by atoms with Gasteiger partial charge in [0.1, 0.15) is 0 Å². The summed E-state index contributed by atoms with van der Waals surface area (Å²) >= 11 is 0. The second kappa shape index (κ2) is 5.66. The lowest BCUT2D eigenvalue weighted by molar-refractivity contribution is -0.123. The second-order valence-electron chi connectivity index (χ2n) is 4.71. The van der Waals surface area contributed by atoms with Gasteiger partial charge in [-0.25, -0.2) is 4.98 Å². The van der Waals surface area contributed by atoms with E-state index in [2.05, 4.69) is 27.5 Å². The molecule has 0 radical (unpaired) electrons. The zero-order valence-corrected chi connectivity index (χ0v) is 10.4. The van der Waals surface area contributed by atoms with Crippen LogP contribution in [0.1, 0.15) is 25.5 Å². The maximum absolute atomic E-state index is 11.5. The van der Waals surface area contributed by atoms with E-state index >= 15 is 0 Å². The van der Waals surface area contributed by atoms with Crippen LogP contribution in [0.15, 0.2) is 12.5 Å². The molecule has 1 saturated carbocycles. The van der Waals surface area contributed by atoms with Crippen LogP contribution in [0.5, 0.6) is 0 Å². The minimum atomic E-state index is -0.0752. The van der Waals surface area contributed by atoms with Crippen molar-refractivity contribution >= 4 is 11.8 Å². The molecule has 0 aliphatic heterocycles. The molecular formula is C12H18N4O2. The van der Waals surface area contributed by atoms with Gasteiger partial charge in [-0.15, -0.1) is 0 Å². The molecule has 1 heterocycles. The Morgan fingerprint density at radius 3 is 2.89 bits per heavy atom. The lowest BCUT2D eigenvalue weighted by atomic mass is 10.3. The van der Waals surface area contributed by atoms with Gasteiger partial charge in [0.15, 0.2) is 0 Å². The summed E-state index contributed by atoms with van der Waals surface area (Å²) in [5.41, 5.74) is 0.860. The van der Waals surface area contributed by atoms with E-state index in [0.29, 0.717) is 25.4 Å². The average molecular weight is 250 g/mol. The van der Waals surface area contributed by atoms with Gasteiger partial charge in [-0.1, -0.05) is 6.92 Å². The summed E-state index contributed by atoms with van der Waals surface area (Å²) in [6.45, 7) is 2.89. The SMILES string of the molecule is CC1CC1C(=O)NCCC(=O)NCc1cnc[nH]1. The second-order valence-corrected chi connectivity index (χ2v) is 4.71. The Morgan fingerprint density at radius 2 is 2.28 bits per heavy atom. The molecule has 0 spiro atoms. The zero-order valence-electron chi connectivity index (χ0n) is 10.4. The van der Waals surface area contributed by atoms with Crippen molar-refractivity contribution in [3.8, 4) is 0 Å². The van der Waals surface area contributed by atoms with Gasteiger partial charge >= 0.3 is 0 Å². The van der Waals surface area contributed by atoms with Crippen molar-refractivity contribution in [3.63, 3.8) is 0 Å². The highest BCUT2D eigenvalue weighted by Gasteiger charge is 2.38. The molecule has 2 rings (SSSR count). The summed E-state index contributed by atoms with van der Waals surface area (Å²) in [5, 5.41) is 5.53. The van der Waals surface area contributed by atoms with Gasteiger partial charge in [-0.2, -0.15) is 0 Å². The lowest BCUT2D eigenvalue weighted by Gasteiger charge is -2.05. The third kappa shape index (κ3) is 3.58. The molecule has 98 valence electrons. The third-order valence-electron chi connectivity index (χ3n) is 3.13. The molecule has 0 bridgehead atoms. The molecule has 3 N–H and O–H groups in total. The van der Waals surface area contributed by atoms with Gasteiger partial charge in [-0.3, -0.25) is 9.59 Å². The number of imidazole rings is 1. The van der Waals surface area contributed by atoms with Crippen molar-refractivity contribution < 1.29 is 9.59 Å². The summed E-state index contributed by atoms with van der Waals surface area (Å²) in [4.78, 5) is 29.7. The number of hydrogen-bond acceptors (Lipinski definition) is 3. The Morgan fingerprint density at radius 1 is 1.50 bits per heavy atom. The summed E-state index contributed by atoms with van der Waals surface area (Å²) in [5.74, 6) is 0.662. The maximum Gasteiger partial charge on any atom is 0.223 e. The van der Waals surface area contributed by atoms with Crippen molar-refractivity contribution in [2.45, 2.75) is 26.3 Å². The molecule has 6 nitrogen and oxygen atoms in total. The highest BCUT2D eigenvalue weighted by Crippen LogP contribution is 2.37. The van der Waals surface area contributed by atoms with Crippen molar-refractivity contribution in [2.75, 3.05) is 6.54 Å². The number of aromatic amines is 1. The van der Waals surface area contributed by atoms with Crippen LogP contribution in [0.25, 0.3) is 0 Å². The lowest BCUT2D eigenvalue weighted by Crippen LogP contribution is -2.31. The van der Waals surface area contributed by atoms with Crippen LogP contribution in [-0.2, 0) is 16.1 Å². The molecule has 18 heavy (non-hydrogen) atoms. The van der Waals surface area contributed by atoms with E-state index in [9.17, 15) is 9.59 Å². The number of nitrogens with one attached hydrogen (secondary N) is 3. The highest BCUT2D eigenvalue weighted by molar-refractivity contribution is 5.82. The standard InChI is InChI=1S/C12H18N4O2/c1-8-4-10(8)12(18)14-3-2-11(17)15-6-9-5-13-7-16-9/h5,7-8,10H,2-4,6H2,1H3,(H,13,16)(H,14,18)(H,15,17). The van der Waals surface area contributed by atoms with Gasteiger partial charge in [0, 0.05) is 25.1 Å². The van der Waals surface area contributed by atoms with Gasteiger partial charge in [0.2, 0.25) is 11.8 Å². The molecular weight excluding hydrogens is 232 g/mol. The van der Waals surface area contributed by atoms with Crippen LogP contribution < -0.4 is 10.6 Å². The molecule has 6 heteroatoms. The molecule has 0 saturated heterocycles. The van der Waals surface area contributed by atoms with E-state index in [-0.39, 0.29) is 17.7 Å². The van der Waals surface area contributed by atoms with Crippen molar-refractivity contribution in [2.24, 2.45) is 11.8 Å². The van der Waals surface area contributed by atoms with Crippen molar-refractivity contribution in [1.29, 1.82) is 0 Å². The molecule has 1 aromatic heterocycles. The Balaban J connectivity index is 1.56. The normalized spacial score (nSPS) is 21.4. The largest absolute Gasteiger partial charge is 0.355 e. The minimum Gasteiger partial charge on any atom is -0.355 e. The van der Waals surface area contributed by atoms with E-state index < -0.39 is 0 Å². The number of hydrogen-bond donors (Lipinski definition) is 3. The topological polar surface area (TPSA) is 86.9 Å². The van der Waals surface area contributed by atoms with Crippen LogP contribution in [0, 0.1) is 11.8 Å². The predicted octanol–water partition coefficient (Wildman–Crippen LogP) is 0.188. The van der Waals surface area contributed by atoms with Gasteiger partial charge < -0.3 is 15.6 Å². The summed E-state index contributed by atoms with van der Waals surface area (Å²) in [7, 11) is 0. The monoisotopic (exact) mass is 250 g/mol. The van der Waals surface area contributed by atoms with Gasteiger partial charge in [0.05, 0.1) is 18.6 Å². The smallest absolute Gasteiger partial charge is 0.223 e. The fourth-order valence-corrected chi connectivity index (χ4v) is 1.78. The number of rotatable bonds is 6. The molecule has 1 aliphatic carbocycles. The van der Waals surface area contributed by atoms with Crippen molar-refractivity contribution in [1.82, 2.24) is 20.6 Å². The fraction of sp³-hybridized carbons (Fsp3) is 0.583. The predicted molar refractivity (Wildman–Crippen MR) is 65.3 cm³/mol. The van der Waals surface area contributed by atoms with E-state index in [4.69, 9.17) is 0 Å². The molecule has 1 aliphatic rings. The number of amides is 2. The van der Waals surface area contributed by atoms with Crippen LogP contribution in [0.4, 0.5) is 0 Å². The van der Waals surface area contributed by atoms with Crippen LogP contribution in [-0.4, -0.2) is 28.3 Å². The summed E-state index contributed by atoms with van der Waals surface area (Å²) < 4.78 is 0. The van der Waals surface area contributed by atoms with Gasteiger partial charge in [0.25, 0.3) is 0 Å². The Labute approximate surface area is 106 Å². The maximum atomic E-state index is 11.5. The van der Waals surface area contributed by atoms with E-state index in [1.807, 2.05) is 0 Å². The minimum absolute atomic E-state index is 0.0730. The number of carbonyl (C=O) groups is 2. The first-order valence-corrected chi connectivity index (χ1v) is 6.18. The Kier molecular flexibility index (Phi) is 3.96. The zero-order chi connectivity index (χ0) is 13.0. The quantitative estimate of drug-likeness (QED) is 0.673. The van der Waals surface area contributed by atoms with E-state index in [1.165, 1.54) is 0 Å². The first-order valence-electron chi connectivity index (χ1n) is 6.18. The summed E-state index contributed by atoms with van der Waals surface area (Å²) in [6.07, 6.45) is 4.51. The van der Waals surface area contributed by atoms with E-state index in [0.717, 1.165) is 12.1 Å². The summed E-state index contributed by atoms with van der Waals surface area (Å²) in [6, 6.07) is 0. The van der Waals surface area contributed by atoms with Gasteiger partial charge in [-0.05, 0) is 12.3 Å².